The lowest BCUT2D eigenvalue weighted by atomic mass is 10.0. The Kier molecular flexibility index (Phi) is 6.60. The van der Waals surface area contributed by atoms with Gasteiger partial charge in [0.25, 0.3) is 5.91 Å². The first kappa shape index (κ1) is 22.4. The topological polar surface area (TPSA) is 67.2 Å². The highest BCUT2D eigenvalue weighted by Gasteiger charge is 2.17. The van der Waals surface area contributed by atoms with Gasteiger partial charge in [0.15, 0.2) is 0 Å². The van der Waals surface area contributed by atoms with Crippen molar-refractivity contribution in [1.82, 2.24) is 19.8 Å². The van der Waals surface area contributed by atoms with Crippen molar-refractivity contribution in [1.29, 1.82) is 0 Å². The number of carbonyl (C=O) groups excluding carboxylic acids is 1. The number of amides is 1. The molecule has 2 heterocycles. The van der Waals surface area contributed by atoms with Gasteiger partial charge in [0.1, 0.15) is 11.4 Å². The minimum absolute atomic E-state index is 0.0376. The average molecular weight is 445 g/mol. The second-order valence-electron chi connectivity index (χ2n) is 7.65. The molecule has 7 heteroatoms. The quantitative estimate of drug-likeness (QED) is 0.434. The number of halogens is 1. The Morgan fingerprint density at radius 2 is 1.70 bits per heavy atom. The van der Waals surface area contributed by atoms with E-state index in [4.69, 9.17) is 0 Å². The number of pyridine rings is 2. The van der Waals surface area contributed by atoms with Gasteiger partial charge in [-0.2, -0.15) is 0 Å². The molecule has 1 amide bonds. The second-order valence-corrected chi connectivity index (χ2v) is 7.65. The van der Waals surface area contributed by atoms with Crippen LogP contribution in [0.5, 0.6) is 0 Å². The number of hydrogen-bond acceptors (Lipinski definition) is 4. The van der Waals surface area contributed by atoms with Crippen molar-refractivity contribution in [3.8, 4) is 16.8 Å². The maximum absolute atomic E-state index is 13.6. The number of benzene rings is 2. The van der Waals surface area contributed by atoms with E-state index in [-0.39, 0.29) is 16.8 Å². The van der Waals surface area contributed by atoms with Crippen molar-refractivity contribution in [2.75, 3.05) is 19.8 Å². The third-order valence-electron chi connectivity index (χ3n) is 5.73. The number of rotatable bonds is 7. The molecule has 4 aromatic rings. The summed E-state index contributed by atoms with van der Waals surface area (Å²) in [4.78, 5) is 32.3. The molecule has 4 rings (SSSR count). The molecule has 0 fully saturated rings. The molecule has 0 aliphatic heterocycles. The molecule has 2 aromatic carbocycles. The third kappa shape index (κ3) is 4.68. The van der Waals surface area contributed by atoms with Crippen LogP contribution in [0.1, 0.15) is 24.2 Å². The van der Waals surface area contributed by atoms with Crippen molar-refractivity contribution < 1.29 is 9.18 Å². The van der Waals surface area contributed by atoms with Crippen molar-refractivity contribution >= 4 is 16.8 Å². The van der Waals surface area contributed by atoms with Crippen molar-refractivity contribution in [3.63, 3.8) is 0 Å². The minimum atomic E-state index is -0.442. The Labute approximate surface area is 191 Å². The van der Waals surface area contributed by atoms with Crippen molar-refractivity contribution in [2.45, 2.75) is 13.8 Å². The predicted molar refractivity (Wildman–Crippen MR) is 128 cm³/mol. The molecule has 1 N–H and O–H groups in total. The number of carbonyl (C=O) groups is 1. The molecule has 0 radical (unpaired) electrons. The van der Waals surface area contributed by atoms with Gasteiger partial charge < -0.3 is 9.88 Å². The van der Waals surface area contributed by atoms with Gasteiger partial charge in [-0.25, -0.2) is 4.39 Å². The van der Waals surface area contributed by atoms with Gasteiger partial charge in [-0.05, 0) is 72.7 Å². The monoisotopic (exact) mass is 444 g/mol. The molecule has 0 aliphatic carbocycles. The maximum atomic E-state index is 13.6. The molecule has 0 unspecified atom stereocenters. The summed E-state index contributed by atoms with van der Waals surface area (Å²) in [6, 6.07) is 15.2. The van der Waals surface area contributed by atoms with E-state index in [0.717, 1.165) is 24.2 Å². The van der Waals surface area contributed by atoms with E-state index < -0.39 is 5.91 Å². The largest absolute Gasteiger partial charge is 0.339 e. The zero-order valence-electron chi connectivity index (χ0n) is 18.6. The van der Waals surface area contributed by atoms with Crippen LogP contribution in [0.4, 0.5) is 4.39 Å². The molecule has 0 spiro atoms. The number of aromatic nitrogens is 2. The van der Waals surface area contributed by atoms with Crippen LogP contribution in [-0.4, -0.2) is 40.1 Å². The Hall–Kier alpha value is -3.84. The first-order valence-electron chi connectivity index (χ1n) is 10.9. The third-order valence-corrected chi connectivity index (χ3v) is 5.73. The summed E-state index contributed by atoms with van der Waals surface area (Å²) in [7, 11) is 0. The van der Waals surface area contributed by atoms with Crippen LogP contribution < -0.4 is 10.7 Å². The summed E-state index contributed by atoms with van der Waals surface area (Å²) in [6.45, 7) is 5.93. The van der Waals surface area contributed by atoms with Gasteiger partial charge >= 0.3 is 0 Å². The Bertz CT molecular complexity index is 1330. The zero-order chi connectivity index (χ0) is 23.4. The maximum Gasteiger partial charge on any atom is 0.257 e. The van der Waals surface area contributed by atoms with Gasteiger partial charge in [0.05, 0.1) is 12.2 Å². The lowest BCUT2D eigenvalue weighted by molar-refractivity contribution is 0.0924. The molecule has 6 nitrogen and oxygen atoms in total. The predicted octanol–water partition coefficient (Wildman–Crippen LogP) is 4.22. The summed E-state index contributed by atoms with van der Waals surface area (Å²) >= 11 is 0. The van der Waals surface area contributed by atoms with E-state index in [1.165, 1.54) is 18.3 Å². The first-order chi connectivity index (χ1) is 16.0. The lowest BCUT2D eigenvalue weighted by Crippen LogP contribution is -2.39. The molecule has 0 saturated carbocycles. The average Bonchev–Trinajstić information content (AvgIpc) is 2.86. The number of nitrogens with zero attached hydrogens (tertiary/aromatic N) is 3. The van der Waals surface area contributed by atoms with Gasteiger partial charge in [-0.1, -0.05) is 19.9 Å². The van der Waals surface area contributed by atoms with Crippen molar-refractivity contribution in [3.05, 3.63) is 94.8 Å². The Morgan fingerprint density at radius 1 is 1.00 bits per heavy atom. The SMILES string of the molecule is CCN(CC)CNC(=O)c1cn(-c2ccc(F)cc2)c2cc(-c3ccncc3)ccc2c1=O. The fourth-order valence-electron chi connectivity index (χ4n) is 3.75. The van der Waals surface area contributed by atoms with E-state index in [0.29, 0.717) is 23.3 Å². The molecule has 0 aliphatic rings. The van der Waals surface area contributed by atoms with Crippen LogP contribution >= 0.6 is 0 Å². The summed E-state index contributed by atoms with van der Waals surface area (Å²) < 4.78 is 15.3. The van der Waals surface area contributed by atoms with Gasteiger partial charge in [0, 0.05) is 29.7 Å². The molecule has 0 bridgehead atoms. The van der Waals surface area contributed by atoms with Gasteiger partial charge in [0.2, 0.25) is 5.43 Å². The summed E-state index contributed by atoms with van der Waals surface area (Å²) in [5.74, 6) is -0.804. The standard InChI is InChI=1S/C26H25FN4O2/c1-3-30(4-2)17-29-26(33)23-16-31(21-8-6-20(27)7-9-21)24-15-19(5-10-22(24)25(23)32)18-11-13-28-14-12-18/h5-16H,3-4,17H2,1-2H3,(H,29,33). The summed E-state index contributed by atoms with van der Waals surface area (Å²) in [6.07, 6.45) is 4.94. The highest BCUT2D eigenvalue weighted by Crippen LogP contribution is 2.25. The van der Waals surface area contributed by atoms with Crippen LogP contribution in [0.25, 0.3) is 27.7 Å². The van der Waals surface area contributed by atoms with E-state index in [2.05, 4.69) is 10.3 Å². The van der Waals surface area contributed by atoms with Gasteiger partial charge in [-0.15, -0.1) is 0 Å². The Balaban J connectivity index is 1.87. The minimum Gasteiger partial charge on any atom is -0.339 e. The van der Waals surface area contributed by atoms with Crippen LogP contribution in [0.3, 0.4) is 0 Å². The number of fused-ring (bicyclic) bond motifs is 1. The molecule has 33 heavy (non-hydrogen) atoms. The van der Waals surface area contributed by atoms with E-state index in [1.807, 2.05) is 43.0 Å². The van der Waals surface area contributed by atoms with Crippen LogP contribution in [0, 0.1) is 5.82 Å². The summed E-state index contributed by atoms with van der Waals surface area (Å²) in [5.41, 5.74) is 2.81. The van der Waals surface area contributed by atoms with Crippen LogP contribution in [0.15, 0.2) is 78.0 Å². The smallest absolute Gasteiger partial charge is 0.257 e. The highest BCUT2D eigenvalue weighted by atomic mass is 19.1. The van der Waals surface area contributed by atoms with Crippen molar-refractivity contribution in [2.24, 2.45) is 0 Å². The lowest BCUT2D eigenvalue weighted by Gasteiger charge is -2.19. The van der Waals surface area contributed by atoms with Gasteiger partial charge in [-0.3, -0.25) is 19.5 Å². The summed E-state index contributed by atoms with van der Waals surface area (Å²) in [5, 5.41) is 3.25. The number of hydrogen-bond donors (Lipinski definition) is 1. The fraction of sp³-hybridized carbons (Fsp3) is 0.192. The molecule has 168 valence electrons. The molecule has 0 saturated heterocycles. The second kappa shape index (κ2) is 9.75. The first-order valence-corrected chi connectivity index (χ1v) is 10.9. The van der Waals surface area contributed by atoms with E-state index in [9.17, 15) is 14.0 Å². The molecule has 2 aromatic heterocycles. The molecule has 0 atom stereocenters. The van der Waals surface area contributed by atoms with Crippen LogP contribution in [0.2, 0.25) is 0 Å². The normalized spacial score (nSPS) is 11.2. The number of nitrogens with one attached hydrogen (secondary N) is 1. The fourth-order valence-corrected chi connectivity index (χ4v) is 3.75. The van der Waals surface area contributed by atoms with E-state index >= 15 is 0 Å². The van der Waals surface area contributed by atoms with E-state index in [1.54, 1.807) is 35.2 Å². The molecular weight excluding hydrogens is 419 g/mol. The Morgan fingerprint density at radius 3 is 2.36 bits per heavy atom. The zero-order valence-corrected chi connectivity index (χ0v) is 18.6. The highest BCUT2D eigenvalue weighted by molar-refractivity contribution is 5.98. The molecular formula is C26H25FN4O2. The van der Waals surface area contributed by atoms with Crippen LogP contribution in [-0.2, 0) is 0 Å².